The van der Waals surface area contributed by atoms with Gasteiger partial charge >= 0.3 is 12.1 Å². The van der Waals surface area contributed by atoms with Crippen LogP contribution in [0.2, 0.25) is 0 Å². The van der Waals surface area contributed by atoms with E-state index in [4.69, 9.17) is 9.84 Å². The number of nitrogens with one attached hydrogen (secondary N) is 2. The Kier molecular flexibility index (Phi) is 6.56. The quantitative estimate of drug-likeness (QED) is 0.739. The van der Waals surface area contributed by atoms with Crippen molar-refractivity contribution in [2.75, 3.05) is 0 Å². The maximum absolute atomic E-state index is 12.1. The summed E-state index contributed by atoms with van der Waals surface area (Å²) in [7, 11) is 0. The second-order valence-electron chi connectivity index (χ2n) is 6.00. The molecule has 0 radical (unpaired) electrons. The summed E-state index contributed by atoms with van der Waals surface area (Å²) in [5.41, 5.74) is 0.130. The topological polar surface area (TPSA) is 105 Å². The minimum absolute atomic E-state index is 0.242. The van der Waals surface area contributed by atoms with Crippen LogP contribution in [0.1, 0.15) is 32.8 Å². The molecule has 1 rings (SSSR count). The van der Waals surface area contributed by atoms with Gasteiger partial charge < -0.3 is 20.5 Å². The average Bonchev–Trinajstić information content (AvgIpc) is 2.42. The summed E-state index contributed by atoms with van der Waals surface area (Å²) in [6, 6.07) is 7.96. The predicted octanol–water partition coefficient (Wildman–Crippen LogP) is 1.67. The van der Waals surface area contributed by atoms with E-state index in [1.807, 2.05) is 30.3 Å². The average molecular weight is 322 g/mol. The van der Waals surface area contributed by atoms with Crippen LogP contribution in [0.4, 0.5) is 4.79 Å². The molecule has 0 saturated carbocycles. The molecule has 23 heavy (non-hydrogen) atoms. The first kappa shape index (κ1) is 18.5. The van der Waals surface area contributed by atoms with Crippen molar-refractivity contribution in [1.82, 2.24) is 10.6 Å². The Hall–Kier alpha value is -2.57. The molecule has 1 unspecified atom stereocenters. The highest BCUT2D eigenvalue weighted by Gasteiger charge is 2.26. The monoisotopic (exact) mass is 322 g/mol. The van der Waals surface area contributed by atoms with Crippen LogP contribution in [0.25, 0.3) is 0 Å². The van der Waals surface area contributed by atoms with Crippen LogP contribution < -0.4 is 10.6 Å². The van der Waals surface area contributed by atoms with Crippen molar-refractivity contribution < 1.29 is 24.2 Å². The number of rotatable bonds is 6. The van der Waals surface area contributed by atoms with E-state index in [2.05, 4.69) is 10.6 Å². The number of alkyl carbamates (subject to hydrolysis) is 1. The number of carboxylic acid groups (broad SMARTS) is 1. The molecule has 3 N–H and O–H groups in total. The van der Waals surface area contributed by atoms with Gasteiger partial charge in [-0.3, -0.25) is 9.59 Å². The normalized spacial score (nSPS) is 12.1. The lowest BCUT2D eigenvalue weighted by atomic mass is 10.1. The molecular weight excluding hydrogens is 300 g/mol. The largest absolute Gasteiger partial charge is 0.481 e. The maximum Gasteiger partial charge on any atom is 0.408 e. The maximum atomic E-state index is 12.1. The first-order valence-electron chi connectivity index (χ1n) is 7.20. The van der Waals surface area contributed by atoms with Gasteiger partial charge in [0.15, 0.2) is 0 Å². The zero-order valence-corrected chi connectivity index (χ0v) is 13.5. The van der Waals surface area contributed by atoms with Gasteiger partial charge in [-0.1, -0.05) is 30.3 Å². The molecule has 0 fully saturated rings. The van der Waals surface area contributed by atoms with Crippen LogP contribution in [0.3, 0.4) is 0 Å². The second kappa shape index (κ2) is 8.17. The Morgan fingerprint density at radius 2 is 1.78 bits per heavy atom. The number of carboxylic acids is 1. The third-order valence-corrected chi connectivity index (χ3v) is 2.70. The van der Waals surface area contributed by atoms with Crippen molar-refractivity contribution in [3.05, 3.63) is 35.9 Å². The molecule has 0 aliphatic rings. The Morgan fingerprint density at radius 1 is 1.17 bits per heavy atom. The predicted molar refractivity (Wildman–Crippen MR) is 83.7 cm³/mol. The molecule has 0 aliphatic heterocycles. The molecule has 0 saturated heterocycles. The van der Waals surface area contributed by atoms with Crippen LogP contribution in [-0.2, 0) is 20.9 Å². The zero-order valence-electron chi connectivity index (χ0n) is 13.5. The van der Waals surface area contributed by atoms with Crippen molar-refractivity contribution >= 4 is 18.0 Å². The standard InChI is InChI=1S/C16H22N2O5/c1-16(2,3)23-15(22)18-12(9-13(19)20)14(21)17-10-11-7-5-4-6-8-11/h4-8,12H,9-10H2,1-3H3,(H,17,21)(H,18,22)(H,19,20). The van der Waals surface area contributed by atoms with Crippen molar-refractivity contribution in [3.8, 4) is 0 Å². The molecule has 2 amide bonds. The lowest BCUT2D eigenvalue weighted by molar-refractivity contribution is -0.139. The van der Waals surface area contributed by atoms with Crippen LogP contribution >= 0.6 is 0 Å². The number of hydrogen-bond acceptors (Lipinski definition) is 4. The van der Waals surface area contributed by atoms with Crippen molar-refractivity contribution in [2.45, 2.75) is 45.4 Å². The second-order valence-corrected chi connectivity index (χ2v) is 6.00. The van der Waals surface area contributed by atoms with Gasteiger partial charge in [0.05, 0.1) is 6.42 Å². The van der Waals surface area contributed by atoms with Gasteiger partial charge in [0.2, 0.25) is 5.91 Å². The third-order valence-electron chi connectivity index (χ3n) is 2.70. The number of benzene rings is 1. The van der Waals surface area contributed by atoms with Gasteiger partial charge in [0.25, 0.3) is 0 Å². The summed E-state index contributed by atoms with van der Waals surface area (Å²) in [4.78, 5) is 34.7. The lowest BCUT2D eigenvalue weighted by Crippen LogP contribution is -2.49. The Morgan fingerprint density at radius 3 is 2.30 bits per heavy atom. The molecule has 1 aromatic carbocycles. The minimum Gasteiger partial charge on any atom is -0.481 e. The van der Waals surface area contributed by atoms with Gasteiger partial charge in [-0.15, -0.1) is 0 Å². The third kappa shape index (κ3) is 7.85. The summed E-state index contributed by atoms with van der Waals surface area (Å²) in [6.07, 6.45) is -1.36. The molecule has 126 valence electrons. The molecule has 0 aliphatic carbocycles. The number of carbonyl (C=O) groups excluding carboxylic acids is 2. The van der Waals surface area contributed by atoms with Gasteiger partial charge in [-0.2, -0.15) is 0 Å². The molecule has 0 spiro atoms. The number of carbonyl (C=O) groups is 3. The summed E-state index contributed by atoms with van der Waals surface area (Å²) >= 11 is 0. The first-order chi connectivity index (χ1) is 10.7. The van der Waals surface area contributed by atoms with Crippen molar-refractivity contribution in [3.63, 3.8) is 0 Å². The van der Waals surface area contributed by atoms with E-state index in [0.29, 0.717) is 0 Å². The summed E-state index contributed by atoms with van der Waals surface area (Å²) in [5.74, 6) is -1.77. The molecule has 0 bridgehead atoms. The fraction of sp³-hybridized carbons (Fsp3) is 0.438. The van der Waals surface area contributed by atoms with E-state index in [1.165, 1.54) is 0 Å². The van der Waals surface area contributed by atoms with E-state index >= 15 is 0 Å². The number of hydrogen-bond donors (Lipinski definition) is 3. The van der Waals surface area contributed by atoms with Gasteiger partial charge in [0.1, 0.15) is 11.6 Å². The highest BCUT2D eigenvalue weighted by Crippen LogP contribution is 2.07. The SMILES string of the molecule is CC(C)(C)OC(=O)NC(CC(=O)O)C(=O)NCc1ccccc1. The van der Waals surface area contributed by atoms with Gasteiger partial charge in [-0.05, 0) is 26.3 Å². The van der Waals surface area contributed by atoms with Crippen LogP contribution in [0, 0.1) is 0 Å². The highest BCUT2D eigenvalue weighted by atomic mass is 16.6. The molecule has 0 aromatic heterocycles. The van der Waals surface area contributed by atoms with E-state index < -0.39 is 36.0 Å². The van der Waals surface area contributed by atoms with Crippen LogP contribution in [0.15, 0.2) is 30.3 Å². The van der Waals surface area contributed by atoms with Gasteiger partial charge in [0, 0.05) is 6.54 Å². The Balaban J connectivity index is 2.63. The summed E-state index contributed by atoms with van der Waals surface area (Å²) in [5, 5.41) is 13.8. The lowest BCUT2D eigenvalue weighted by Gasteiger charge is -2.22. The van der Waals surface area contributed by atoms with E-state index in [1.54, 1.807) is 20.8 Å². The summed E-state index contributed by atoms with van der Waals surface area (Å²) in [6.45, 7) is 5.27. The van der Waals surface area contributed by atoms with Crippen LogP contribution in [0.5, 0.6) is 0 Å². The smallest absolute Gasteiger partial charge is 0.408 e. The molecule has 0 heterocycles. The fourth-order valence-electron chi connectivity index (χ4n) is 1.74. The van der Waals surface area contributed by atoms with E-state index in [-0.39, 0.29) is 6.54 Å². The van der Waals surface area contributed by atoms with Gasteiger partial charge in [-0.25, -0.2) is 4.79 Å². The van der Waals surface area contributed by atoms with Crippen LogP contribution in [-0.4, -0.2) is 34.7 Å². The number of aliphatic carboxylic acids is 1. The molecule has 1 atom stereocenters. The molecule has 1 aromatic rings. The van der Waals surface area contributed by atoms with E-state index in [0.717, 1.165) is 5.56 Å². The number of amides is 2. The first-order valence-corrected chi connectivity index (χ1v) is 7.20. The zero-order chi connectivity index (χ0) is 17.5. The summed E-state index contributed by atoms with van der Waals surface area (Å²) < 4.78 is 5.04. The number of ether oxygens (including phenoxy) is 1. The molecule has 7 nitrogen and oxygen atoms in total. The minimum atomic E-state index is -1.20. The van der Waals surface area contributed by atoms with E-state index in [9.17, 15) is 14.4 Å². The highest BCUT2D eigenvalue weighted by molar-refractivity contribution is 5.89. The Labute approximate surface area is 135 Å². The molecular formula is C16H22N2O5. The van der Waals surface area contributed by atoms with Crippen molar-refractivity contribution in [2.24, 2.45) is 0 Å². The molecule has 7 heteroatoms. The van der Waals surface area contributed by atoms with Crippen molar-refractivity contribution in [1.29, 1.82) is 0 Å². The Bertz CT molecular complexity index is 551. The fourth-order valence-corrected chi connectivity index (χ4v) is 1.74.